The Morgan fingerprint density at radius 1 is 1.22 bits per heavy atom. The molecular weight excluding hydrogens is 342 g/mol. The zero-order chi connectivity index (χ0) is 19.6. The van der Waals surface area contributed by atoms with Crippen molar-refractivity contribution in [1.29, 1.82) is 0 Å². The van der Waals surface area contributed by atoms with E-state index in [2.05, 4.69) is 4.98 Å². The number of hydrogen-bond acceptors (Lipinski definition) is 5. The van der Waals surface area contributed by atoms with Gasteiger partial charge in [-0.25, -0.2) is 14.3 Å². The van der Waals surface area contributed by atoms with E-state index >= 15 is 0 Å². The Hall–Kier alpha value is -2.99. The Bertz CT molecular complexity index is 986. The van der Waals surface area contributed by atoms with Crippen molar-refractivity contribution in [1.82, 2.24) is 9.55 Å². The molecule has 3 aromatic rings. The zero-order valence-corrected chi connectivity index (χ0v) is 15.7. The van der Waals surface area contributed by atoms with Crippen molar-refractivity contribution in [2.45, 2.75) is 38.8 Å². The molecule has 1 aromatic heterocycles. The van der Waals surface area contributed by atoms with Gasteiger partial charge in [0.2, 0.25) is 0 Å². The van der Waals surface area contributed by atoms with Gasteiger partial charge in [-0.3, -0.25) is 4.79 Å². The first-order valence-corrected chi connectivity index (χ1v) is 8.78. The number of aldehydes is 1. The zero-order valence-electron chi connectivity index (χ0n) is 15.7. The van der Waals surface area contributed by atoms with Crippen LogP contribution < -0.4 is 5.73 Å². The summed E-state index contributed by atoms with van der Waals surface area (Å²) < 4.78 is 6.80. The fourth-order valence-electron chi connectivity index (χ4n) is 3.04. The minimum Gasteiger partial charge on any atom is -0.443 e. The number of nitrogens with zero attached hydrogens (tertiary/aromatic N) is 2. The number of carbonyl (C=O) groups is 2. The van der Waals surface area contributed by atoms with Crippen LogP contribution in [0.2, 0.25) is 0 Å². The third kappa shape index (κ3) is 4.06. The lowest BCUT2D eigenvalue weighted by Gasteiger charge is -2.21. The predicted octanol–water partition coefficient (Wildman–Crippen LogP) is 3.87. The molecule has 3 rings (SSSR count). The van der Waals surface area contributed by atoms with Crippen LogP contribution in [-0.2, 0) is 11.2 Å². The van der Waals surface area contributed by atoms with E-state index in [1.54, 1.807) is 18.5 Å². The minimum absolute atomic E-state index is 0.358. The summed E-state index contributed by atoms with van der Waals surface area (Å²) in [6, 6.07) is 10.9. The van der Waals surface area contributed by atoms with E-state index in [9.17, 15) is 9.59 Å². The molecule has 1 heterocycles. The van der Waals surface area contributed by atoms with Crippen molar-refractivity contribution in [3.05, 3.63) is 65.7 Å². The summed E-state index contributed by atoms with van der Waals surface area (Å²) in [6.07, 6.45) is 3.84. The number of aromatic nitrogens is 2. The maximum atomic E-state index is 12.4. The van der Waals surface area contributed by atoms with E-state index in [0.29, 0.717) is 17.8 Å². The number of carbonyl (C=O) groups excluding carboxylic acids is 2. The van der Waals surface area contributed by atoms with Gasteiger partial charge in [0.05, 0.1) is 0 Å². The van der Waals surface area contributed by atoms with Gasteiger partial charge in [-0.1, -0.05) is 36.4 Å². The van der Waals surface area contributed by atoms with Crippen LogP contribution >= 0.6 is 0 Å². The maximum Gasteiger partial charge on any atom is 0.419 e. The minimum atomic E-state index is -0.596. The third-order valence-electron chi connectivity index (χ3n) is 4.23. The molecule has 6 heteroatoms. The average Bonchev–Trinajstić information content (AvgIpc) is 3.07. The molecule has 27 heavy (non-hydrogen) atoms. The lowest BCUT2D eigenvalue weighted by atomic mass is 9.94. The van der Waals surface area contributed by atoms with Crippen molar-refractivity contribution in [3.8, 4) is 0 Å². The van der Waals surface area contributed by atoms with Crippen LogP contribution in [0.1, 0.15) is 48.6 Å². The van der Waals surface area contributed by atoms with Gasteiger partial charge in [-0.2, -0.15) is 0 Å². The molecule has 0 fully saturated rings. The van der Waals surface area contributed by atoms with Crippen molar-refractivity contribution in [3.63, 3.8) is 0 Å². The van der Waals surface area contributed by atoms with Crippen molar-refractivity contribution >= 4 is 23.2 Å². The van der Waals surface area contributed by atoms with E-state index in [0.717, 1.165) is 22.6 Å². The van der Waals surface area contributed by atoms with Gasteiger partial charge < -0.3 is 10.5 Å². The van der Waals surface area contributed by atoms with Crippen LogP contribution in [0.25, 0.3) is 10.8 Å². The molecule has 0 radical (unpaired) electrons. The second-order valence-corrected chi connectivity index (χ2v) is 7.41. The molecule has 2 aromatic carbocycles. The van der Waals surface area contributed by atoms with Gasteiger partial charge in [0, 0.05) is 30.4 Å². The SMILES string of the molecule is CC(C)(C)OC(=O)n1ccnc1CC(N)c1ccc(C=O)c2ccccc12. The summed E-state index contributed by atoms with van der Waals surface area (Å²) in [5.41, 5.74) is 7.37. The fourth-order valence-corrected chi connectivity index (χ4v) is 3.04. The van der Waals surface area contributed by atoms with Crippen LogP contribution in [0.5, 0.6) is 0 Å². The molecule has 0 saturated heterocycles. The monoisotopic (exact) mass is 365 g/mol. The Kier molecular flexibility index (Phi) is 5.10. The second-order valence-electron chi connectivity index (χ2n) is 7.41. The van der Waals surface area contributed by atoms with Crippen LogP contribution in [-0.4, -0.2) is 27.5 Å². The standard InChI is InChI=1S/C21H23N3O3/c1-21(2,3)27-20(26)24-11-10-23-19(24)12-18(22)17-9-8-14(13-25)15-6-4-5-7-16(15)17/h4-11,13,18H,12,22H2,1-3H3. The van der Waals surface area contributed by atoms with Gasteiger partial charge in [-0.15, -0.1) is 0 Å². The molecule has 0 aliphatic heterocycles. The van der Waals surface area contributed by atoms with Crippen molar-refractivity contribution in [2.75, 3.05) is 0 Å². The molecule has 1 atom stereocenters. The summed E-state index contributed by atoms with van der Waals surface area (Å²) >= 11 is 0. The van der Waals surface area contributed by atoms with Gasteiger partial charge in [0.1, 0.15) is 11.4 Å². The third-order valence-corrected chi connectivity index (χ3v) is 4.23. The average molecular weight is 365 g/mol. The maximum absolute atomic E-state index is 12.4. The van der Waals surface area contributed by atoms with Crippen LogP contribution in [0, 0.1) is 0 Å². The van der Waals surface area contributed by atoms with E-state index in [1.807, 2.05) is 51.1 Å². The Morgan fingerprint density at radius 3 is 2.59 bits per heavy atom. The number of ether oxygens (including phenoxy) is 1. The number of imidazole rings is 1. The highest BCUT2D eigenvalue weighted by atomic mass is 16.6. The molecule has 0 saturated carbocycles. The lowest BCUT2D eigenvalue weighted by molar-refractivity contribution is 0.0531. The highest BCUT2D eigenvalue weighted by Crippen LogP contribution is 2.27. The first-order chi connectivity index (χ1) is 12.8. The van der Waals surface area contributed by atoms with E-state index in [1.165, 1.54) is 4.57 Å². The van der Waals surface area contributed by atoms with Crippen LogP contribution in [0.15, 0.2) is 48.8 Å². The molecule has 6 nitrogen and oxygen atoms in total. The predicted molar refractivity (Wildman–Crippen MR) is 104 cm³/mol. The molecule has 2 N–H and O–H groups in total. The molecular formula is C21H23N3O3. The number of hydrogen-bond donors (Lipinski definition) is 1. The van der Waals surface area contributed by atoms with Gasteiger partial charge >= 0.3 is 6.09 Å². The Balaban J connectivity index is 1.91. The largest absolute Gasteiger partial charge is 0.443 e. The molecule has 0 bridgehead atoms. The fraction of sp³-hybridized carbons (Fsp3) is 0.286. The molecule has 0 aliphatic rings. The van der Waals surface area contributed by atoms with E-state index in [-0.39, 0.29) is 6.04 Å². The Morgan fingerprint density at radius 2 is 1.93 bits per heavy atom. The normalized spacial score (nSPS) is 12.7. The first kappa shape index (κ1) is 18.8. The summed E-state index contributed by atoms with van der Waals surface area (Å²) in [6.45, 7) is 5.44. The lowest BCUT2D eigenvalue weighted by Crippen LogP contribution is -2.28. The number of nitrogens with two attached hydrogens (primary N) is 1. The van der Waals surface area contributed by atoms with Crippen molar-refractivity contribution in [2.24, 2.45) is 5.73 Å². The number of fused-ring (bicyclic) bond motifs is 1. The highest BCUT2D eigenvalue weighted by molar-refractivity contribution is 5.99. The van der Waals surface area contributed by atoms with Crippen molar-refractivity contribution < 1.29 is 14.3 Å². The quantitative estimate of drug-likeness (QED) is 0.709. The van der Waals surface area contributed by atoms with Crippen LogP contribution in [0.3, 0.4) is 0 Å². The topological polar surface area (TPSA) is 87.2 Å². The molecule has 0 aliphatic carbocycles. The smallest absolute Gasteiger partial charge is 0.419 e. The molecule has 0 amide bonds. The highest BCUT2D eigenvalue weighted by Gasteiger charge is 2.22. The summed E-state index contributed by atoms with van der Waals surface area (Å²) in [5, 5.41) is 1.78. The molecule has 0 spiro atoms. The number of benzene rings is 2. The van der Waals surface area contributed by atoms with E-state index < -0.39 is 11.7 Å². The number of rotatable bonds is 4. The van der Waals surface area contributed by atoms with Crippen LogP contribution in [0.4, 0.5) is 4.79 Å². The molecule has 1 unspecified atom stereocenters. The summed E-state index contributed by atoms with van der Waals surface area (Å²) in [4.78, 5) is 27.9. The van der Waals surface area contributed by atoms with Gasteiger partial charge in [-0.05, 0) is 37.1 Å². The first-order valence-electron chi connectivity index (χ1n) is 8.78. The summed E-state index contributed by atoms with van der Waals surface area (Å²) in [5.74, 6) is 0.528. The molecule has 140 valence electrons. The van der Waals surface area contributed by atoms with E-state index in [4.69, 9.17) is 10.5 Å². The Labute approximate surface area is 158 Å². The van der Waals surface area contributed by atoms with Gasteiger partial charge in [0.25, 0.3) is 0 Å². The van der Waals surface area contributed by atoms with Gasteiger partial charge in [0.15, 0.2) is 6.29 Å². The summed E-state index contributed by atoms with van der Waals surface area (Å²) in [7, 11) is 0. The second kappa shape index (κ2) is 7.32.